The van der Waals surface area contributed by atoms with Gasteiger partial charge in [0.05, 0.1) is 16.5 Å². The second kappa shape index (κ2) is 11.2. The minimum atomic E-state index is -0.237. The van der Waals surface area contributed by atoms with E-state index in [0.717, 1.165) is 27.7 Å². The van der Waals surface area contributed by atoms with Crippen molar-refractivity contribution in [2.24, 2.45) is 0 Å². The monoisotopic (exact) mass is 558 g/mol. The van der Waals surface area contributed by atoms with Crippen molar-refractivity contribution in [1.29, 1.82) is 0 Å². The summed E-state index contributed by atoms with van der Waals surface area (Å²) in [5.41, 5.74) is 3.82. The number of hydrogen-bond acceptors (Lipinski definition) is 5. The molecule has 0 saturated carbocycles. The Labute approximate surface area is 217 Å². The highest BCUT2D eigenvalue weighted by Gasteiger charge is 2.27. The lowest BCUT2D eigenvalue weighted by molar-refractivity contribution is -0.116. The highest BCUT2D eigenvalue weighted by Crippen LogP contribution is 2.39. The van der Waals surface area contributed by atoms with Crippen molar-refractivity contribution in [2.45, 2.75) is 25.4 Å². The maximum absolute atomic E-state index is 12.6. The quantitative estimate of drug-likeness (QED) is 0.296. The molecule has 0 unspecified atom stereocenters. The van der Waals surface area contributed by atoms with Gasteiger partial charge < -0.3 is 20.1 Å². The van der Waals surface area contributed by atoms with Crippen molar-refractivity contribution in [2.75, 3.05) is 12.4 Å². The first-order chi connectivity index (χ1) is 16.4. The number of carbonyl (C=O) groups excluding carboxylic acids is 1. The molecule has 8 heteroatoms. The molecule has 1 amide bonds. The summed E-state index contributed by atoms with van der Waals surface area (Å²) >= 11 is 11.0. The highest BCUT2D eigenvalue weighted by atomic mass is 79.9. The van der Waals surface area contributed by atoms with Crippen LogP contribution in [0.1, 0.15) is 23.6 Å². The SMILES string of the molecule is CCc1ccc(N[C@@H]2NC(=O)/C(=C/c3cc(Br)c(OCc4ccc(Cl)cc4)c(OC)c3)S2)cc1. The zero-order valence-corrected chi connectivity index (χ0v) is 21.9. The number of hydrogen-bond donors (Lipinski definition) is 2. The first-order valence-corrected chi connectivity index (χ1v) is 12.8. The van der Waals surface area contributed by atoms with Crippen LogP contribution in [0.3, 0.4) is 0 Å². The number of thioether (sulfide) groups is 1. The second-order valence-corrected chi connectivity index (χ2v) is 10.1. The Hall–Kier alpha value is -2.61. The molecule has 0 spiro atoms. The van der Waals surface area contributed by atoms with Crippen molar-refractivity contribution in [1.82, 2.24) is 5.32 Å². The largest absolute Gasteiger partial charge is 0.493 e. The number of amides is 1. The van der Waals surface area contributed by atoms with Crippen LogP contribution < -0.4 is 20.1 Å². The van der Waals surface area contributed by atoms with E-state index in [1.807, 2.05) is 54.6 Å². The molecular formula is C26H24BrClN2O3S. The topological polar surface area (TPSA) is 59.6 Å². The van der Waals surface area contributed by atoms with Gasteiger partial charge in [0.1, 0.15) is 6.61 Å². The molecule has 1 aliphatic rings. The van der Waals surface area contributed by atoms with Crippen molar-refractivity contribution < 1.29 is 14.3 Å². The van der Waals surface area contributed by atoms with Gasteiger partial charge in [-0.1, -0.05) is 54.6 Å². The molecule has 1 atom stereocenters. The number of methoxy groups -OCH3 is 1. The average molecular weight is 560 g/mol. The van der Waals surface area contributed by atoms with Gasteiger partial charge in [0.2, 0.25) is 0 Å². The lowest BCUT2D eigenvalue weighted by Crippen LogP contribution is -2.30. The van der Waals surface area contributed by atoms with Crippen LogP contribution in [-0.2, 0) is 17.8 Å². The van der Waals surface area contributed by atoms with Gasteiger partial charge in [0.15, 0.2) is 17.0 Å². The van der Waals surface area contributed by atoms with Crippen LogP contribution in [0.15, 0.2) is 70.0 Å². The third-order valence-corrected chi connectivity index (χ3v) is 7.11. The van der Waals surface area contributed by atoms with Gasteiger partial charge >= 0.3 is 0 Å². The third-order valence-electron chi connectivity index (χ3n) is 5.24. The Morgan fingerprint density at radius 2 is 1.82 bits per heavy atom. The minimum absolute atomic E-state index is 0.120. The predicted molar refractivity (Wildman–Crippen MR) is 143 cm³/mol. The first-order valence-electron chi connectivity index (χ1n) is 10.7. The van der Waals surface area contributed by atoms with E-state index in [4.69, 9.17) is 21.1 Å². The van der Waals surface area contributed by atoms with Crippen LogP contribution in [0.2, 0.25) is 5.02 Å². The average Bonchev–Trinajstić information content (AvgIpc) is 3.17. The molecule has 0 aromatic heterocycles. The summed E-state index contributed by atoms with van der Waals surface area (Å²) in [4.78, 5) is 13.2. The van der Waals surface area contributed by atoms with Gasteiger partial charge in [-0.3, -0.25) is 4.79 Å². The van der Waals surface area contributed by atoms with Crippen LogP contribution in [0, 0.1) is 0 Å². The minimum Gasteiger partial charge on any atom is -0.493 e. The number of aryl methyl sites for hydroxylation is 1. The predicted octanol–water partition coefficient (Wildman–Crippen LogP) is 6.85. The Kier molecular flexibility index (Phi) is 8.08. The van der Waals surface area contributed by atoms with E-state index < -0.39 is 0 Å². The van der Waals surface area contributed by atoms with Gasteiger partial charge in [0.25, 0.3) is 5.91 Å². The van der Waals surface area contributed by atoms with Crippen LogP contribution in [0.25, 0.3) is 6.08 Å². The van der Waals surface area contributed by atoms with Crippen molar-refractivity contribution in [3.63, 3.8) is 0 Å². The Morgan fingerprint density at radius 1 is 1.12 bits per heavy atom. The summed E-state index contributed by atoms with van der Waals surface area (Å²) in [5.74, 6) is 1.05. The summed E-state index contributed by atoms with van der Waals surface area (Å²) in [6, 6.07) is 19.5. The summed E-state index contributed by atoms with van der Waals surface area (Å²) in [6.45, 7) is 2.50. The molecule has 2 N–H and O–H groups in total. The normalized spacial score (nSPS) is 16.4. The zero-order valence-electron chi connectivity index (χ0n) is 18.7. The number of ether oxygens (including phenoxy) is 2. The highest BCUT2D eigenvalue weighted by molar-refractivity contribution is 9.10. The van der Waals surface area contributed by atoms with Crippen LogP contribution in [0.5, 0.6) is 11.5 Å². The summed E-state index contributed by atoms with van der Waals surface area (Å²) in [6.07, 6.45) is 2.84. The molecule has 3 aromatic carbocycles. The Bertz CT molecular complexity index is 1200. The van der Waals surface area contributed by atoms with Crippen molar-refractivity contribution >= 4 is 57.0 Å². The number of rotatable bonds is 8. The van der Waals surface area contributed by atoms with Crippen molar-refractivity contribution in [3.05, 3.63) is 91.8 Å². The molecule has 5 nitrogen and oxygen atoms in total. The molecule has 4 rings (SSSR count). The maximum atomic E-state index is 12.6. The van der Waals surface area contributed by atoms with Gasteiger partial charge in [-0.2, -0.15) is 0 Å². The molecule has 3 aromatic rings. The fourth-order valence-electron chi connectivity index (χ4n) is 3.40. The molecule has 1 aliphatic heterocycles. The summed E-state index contributed by atoms with van der Waals surface area (Å²) in [7, 11) is 1.59. The van der Waals surface area contributed by atoms with Gasteiger partial charge in [-0.15, -0.1) is 0 Å². The standard InChI is InChI=1S/C26H24BrClN2O3S/c1-3-16-6-10-20(11-7-16)29-26-30-25(31)23(34-26)14-18-12-21(27)24(22(13-18)32-2)33-15-17-4-8-19(28)9-5-17/h4-14,26,29H,3,15H2,1-2H3,(H,30,31)/b23-14-/t26-/m1/s1. The maximum Gasteiger partial charge on any atom is 0.260 e. The third kappa shape index (κ3) is 6.09. The van der Waals surface area contributed by atoms with Crippen LogP contribution in [0.4, 0.5) is 5.69 Å². The smallest absolute Gasteiger partial charge is 0.260 e. The van der Waals surface area contributed by atoms with Crippen LogP contribution in [-0.4, -0.2) is 18.5 Å². The van der Waals surface area contributed by atoms with E-state index in [0.29, 0.717) is 28.0 Å². The lowest BCUT2D eigenvalue weighted by Gasteiger charge is -2.14. The first kappa shape index (κ1) is 24.5. The second-order valence-electron chi connectivity index (χ2n) is 7.62. The van der Waals surface area contributed by atoms with Crippen LogP contribution >= 0.6 is 39.3 Å². The molecule has 1 heterocycles. The summed E-state index contributed by atoms with van der Waals surface area (Å²) < 4.78 is 12.3. The molecule has 176 valence electrons. The molecule has 34 heavy (non-hydrogen) atoms. The molecule has 1 fully saturated rings. The van der Waals surface area contributed by atoms with Gasteiger partial charge in [-0.05, 0) is 81.5 Å². The van der Waals surface area contributed by atoms with Gasteiger partial charge in [-0.25, -0.2) is 0 Å². The number of anilines is 1. The molecule has 0 bridgehead atoms. The van der Waals surface area contributed by atoms with E-state index in [1.165, 1.54) is 17.3 Å². The van der Waals surface area contributed by atoms with E-state index in [2.05, 4.69) is 45.6 Å². The number of halogens is 2. The van der Waals surface area contributed by atoms with E-state index >= 15 is 0 Å². The number of nitrogens with one attached hydrogen (secondary N) is 2. The number of benzene rings is 3. The Morgan fingerprint density at radius 3 is 2.50 bits per heavy atom. The Balaban J connectivity index is 1.46. The van der Waals surface area contributed by atoms with E-state index in [1.54, 1.807) is 7.11 Å². The summed E-state index contributed by atoms with van der Waals surface area (Å²) in [5, 5.41) is 6.99. The molecular weight excluding hydrogens is 536 g/mol. The van der Waals surface area contributed by atoms with Gasteiger partial charge in [0, 0.05) is 10.7 Å². The van der Waals surface area contributed by atoms with E-state index in [9.17, 15) is 4.79 Å². The fraction of sp³-hybridized carbons (Fsp3) is 0.192. The van der Waals surface area contributed by atoms with Crippen molar-refractivity contribution in [3.8, 4) is 11.5 Å². The molecule has 0 radical (unpaired) electrons. The molecule has 0 aliphatic carbocycles. The van der Waals surface area contributed by atoms with E-state index in [-0.39, 0.29) is 11.4 Å². The number of carbonyl (C=O) groups is 1. The zero-order chi connectivity index (χ0) is 24.1. The molecule has 1 saturated heterocycles. The fourth-order valence-corrected chi connectivity index (χ4v) is 5.09. The lowest BCUT2D eigenvalue weighted by atomic mass is 10.1.